The van der Waals surface area contributed by atoms with Gasteiger partial charge >= 0.3 is 0 Å². The first-order valence-electron chi connectivity index (χ1n) is 10.7. The van der Waals surface area contributed by atoms with Gasteiger partial charge < -0.3 is 9.47 Å². The first-order chi connectivity index (χ1) is 15.7. The average Bonchev–Trinajstić information content (AvgIpc) is 3.53. The average molecular weight is 445 g/mol. The van der Waals surface area contributed by atoms with Crippen LogP contribution in [0.4, 0.5) is 5.69 Å². The summed E-state index contributed by atoms with van der Waals surface area (Å²) in [4.78, 5) is 14.8. The predicted octanol–water partition coefficient (Wildman–Crippen LogP) is 4.05. The first-order valence-corrected chi connectivity index (χ1v) is 11.7. The molecule has 0 radical (unpaired) electrons. The quantitative estimate of drug-likeness (QED) is 0.420. The lowest BCUT2D eigenvalue weighted by Crippen LogP contribution is -2.30. The highest BCUT2D eigenvalue weighted by atomic mass is 32.2. The van der Waals surface area contributed by atoms with Crippen LogP contribution in [-0.4, -0.2) is 42.7 Å². The van der Waals surface area contributed by atoms with E-state index in [1.807, 2.05) is 66.7 Å². The number of benzene rings is 2. The van der Waals surface area contributed by atoms with Crippen molar-refractivity contribution in [3.63, 3.8) is 0 Å². The molecule has 7 nitrogen and oxygen atoms in total. The highest BCUT2D eigenvalue weighted by Gasteiger charge is 2.25. The molecule has 8 heteroatoms. The number of aromatic nitrogens is 5. The van der Waals surface area contributed by atoms with Gasteiger partial charge in [-0.2, -0.15) is 5.10 Å². The minimum Gasteiger partial charge on any atom is -0.311 e. The second kappa shape index (κ2) is 8.63. The van der Waals surface area contributed by atoms with Crippen LogP contribution < -0.4 is 4.90 Å². The van der Waals surface area contributed by atoms with Gasteiger partial charge in [0.15, 0.2) is 11.0 Å². The van der Waals surface area contributed by atoms with Crippen molar-refractivity contribution in [2.24, 2.45) is 7.05 Å². The Kier molecular flexibility index (Phi) is 5.53. The molecular formula is C24H24N6OS. The molecule has 0 bridgehead atoms. The van der Waals surface area contributed by atoms with Crippen molar-refractivity contribution in [1.82, 2.24) is 24.5 Å². The van der Waals surface area contributed by atoms with Gasteiger partial charge in [-0.1, -0.05) is 60.3 Å². The third kappa shape index (κ3) is 3.71. The molecule has 2 aromatic heterocycles. The summed E-state index contributed by atoms with van der Waals surface area (Å²) in [7, 11) is 1.91. The molecule has 162 valence electrons. The summed E-state index contributed by atoms with van der Waals surface area (Å²) in [5, 5.41) is 14.3. The minimum absolute atomic E-state index is 0.0958. The summed E-state index contributed by atoms with van der Waals surface area (Å²) in [6.07, 6.45) is 2.88. The van der Waals surface area contributed by atoms with E-state index in [4.69, 9.17) is 0 Å². The smallest absolute Gasteiger partial charge is 0.237 e. The van der Waals surface area contributed by atoms with Crippen molar-refractivity contribution < 1.29 is 4.79 Å². The Morgan fingerprint density at radius 2 is 1.84 bits per heavy atom. The Balaban J connectivity index is 1.39. The van der Waals surface area contributed by atoms with Gasteiger partial charge in [0.05, 0.1) is 11.3 Å². The Morgan fingerprint density at radius 1 is 1.06 bits per heavy atom. The minimum atomic E-state index is 0.0958. The monoisotopic (exact) mass is 444 g/mol. The molecule has 0 aliphatic carbocycles. The first kappa shape index (κ1) is 20.5. The second-order valence-corrected chi connectivity index (χ2v) is 8.64. The van der Waals surface area contributed by atoms with Crippen LogP contribution in [-0.2, 0) is 24.8 Å². The molecule has 2 aromatic carbocycles. The van der Waals surface area contributed by atoms with E-state index in [0.717, 1.165) is 46.5 Å². The molecule has 0 saturated heterocycles. The standard InChI is InChI=1S/C24H24N6OS/c1-3-29-23(19-15-28(2)27-22(19)18-10-5-4-6-11-18)25-26-24(29)32-16-21(31)30-14-13-17-9-7-8-12-20(17)30/h4-12,15H,3,13-14,16H2,1-2H3. The molecule has 4 aromatic rings. The van der Waals surface area contributed by atoms with Crippen LogP contribution in [0.1, 0.15) is 12.5 Å². The fourth-order valence-corrected chi connectivity index (χ4v) is 5.02. The number of hydrogen-bond acceptors (Lipinski definition) is 5. The van der Waals surface area contributed by atoms with E-state index in [1.165, 1.54) is 17.3 Å². The van der Waals surface area contributed by atoms with Gasteiger partial charge in [0.2, 0.25) is 5.91 Å². The van der Waals surface area contributed by atoms with E-state index in [9.17, 15) is 4.79 Å². The van der Waals surface area contributed by atoms with Crippen LogP contribution in [0.5, 0.6) is 0 Å². The molecule has 0 saturated carbocycles. The topological polar surface area (TPSA) is 68.8 Å². The molecule has 0 fully saturated rings. The molecule has 0 atom stereocenters. The van der Waals surface area contributed by atoms with Gasteiger partial charge in [0.1, 0.15) is 5.69 Å². The van der Waals surface area contributed by atoms with E-state index in [2.05, 4.69) is 32.9 Å². The predicted molar refractivity (Wildman–Crippen MR) is 127 cm³/mol. The van der Waals surface area contributed by atoms with Gasteiger partial charge in [-0.3, -0.25) is 9.48 Å². The maximum Gasteiger partial charge on any atom is 0.237 e. The highest BCUT2D eigenvalue weighted by molar-refractivity contribution is 7.99. The van der Waals surface area contributed by atoms with Crippen molar-refractivity contribution in [3.05, 3.63) is 66.4 Å². The van der Waals surface area contributed by atoms with Crippen molar-refractivity contribution in [2.45, 2.75) is 25.0 Å². The molecule has 0 unspecified atom stereocenters. The normalized spacial score (nSPS) is 12.9. The Bertz CT molecular complexity index is 1260. The number of carbonyl (C=O) groups is 1. The number of hydrogen-bond donors (Lipinski definition) is 0. The summed E-state index contributed by atoms with van der Waals surface area (Å²) in [6, 6.07) is 18.2. The fourth-order valence-electron chi connectivity index (χ4n) is 4.14. The third-order valence-corrected chi connectivity index (χ3v) is 6.61. The molecule has 0 N–H and O–H groups in total. The van der Waals surface area contributed by atoms with Crippen LogP contribution in [0, 0.1) is 0 Å². The van der Waals surface area contributed by atoms with Gasteiger partial charge in [0.25, 0.3) is 0 Å². The fraction of sp³-hybridized carbons (Fsp3) is 0.250. The number of carbonyl (C=O) groups excluding carboxylic acids is 1. The van der Waals surface area contributed by atoms with Crippen molar-refractivity contribution in [1.29, 1.82) is 0 Å². The number of anilines is 1. The third-order valence-electron chi connectivity index (χ3n) is 5.66. The maximum atomic E-state index is 12.9. The molecule has 3 heterocycles. The zero-order valence-corrected chi connectivity index (χ0v) is 18.9. The summed E-state index contributed by atoms with van der Waals surface area (Å²) < 4.78 is 3.85. The van der Waals surface area contributed by atoms with E-state index < -0.39 is 0 Å². The van der Waals surface area contributed by atoms with Crippen LogP contribution in [0.25, 0.3) is 22.6 Å². The molecule has 1 aliphatic heterocycles. The van der Waals surface area contributed by atoms with E-state index in [-0.39, 0.29) is 5.91 Å². The largest absolute Gasteiger partial charge is 0.311 e. The number of aryl methyl sites for hydroxylation is 1. The van der Waals surface area contributed by atoms with Crippen molar-refractivity contribution in [3.8, 4) is 22.6 Å². The van der Waals surface area contributed by atoms with Crippen LogP contribution in [0.15, 0.2) is 66.0 Å². The Labute approximate surface area is 191 Å². The summed E-state index contributed by atoms with van der Waals surface area (Å²) in [5.74, 6) is 1.19. The number of nitrogens with zero attached hydrogens (tertiary/aromatic N) is 6. The van der Waals surface area contributed by atoms with Crippen LogP contribution in [0.2, 0.25) is 0 Å². The number of fused-ring (bicyclic) bond motifs is 1. The molecule has 0 spiro atoms. The number of para-hydroxylation sites is 1. The highest BCUT2D eigenvalue weighted by Crippen LogP contribution is 2.33. The molecular weight excluding hydrogens is 420 g/mol. The Hall–Kier alpha value is -3.39. The van der Waals surface area contributed by atoms with Crippen molar-refractivity contribution >= 4 is 23.4 Å². The lowest BCUT2D eigenvalue weighted by Gasteiger charge is -2.17. The summed E-state index contributed by atoms with van der Waals surface area (Å²) >= 11 is 1.44. The Morgan fingerprint density at radius 3 is 2.66 bits per heavy atom. The zero-order valence-electron chi connectivity index (χ0n) is 18.1. The van der Waals surface area contributed by atoms with Gasteiger partial charge in [-0.05, 0) is 25.0 Å². The van der Waals surface area contributed by atoms with E-state index in [0.29, 0.717) is 12.3 Å². The van der Waals surface area contributed by atoms with Gasteiger partial charge in [-0.15, -0.1) is 10.2 Å². The molecule has 1 amide bonds. The molecule has 1 aliphatic rings. The zero-order chi connectivity index (χ0) is 22.1. The van der Waals surface area contributed by atoms with Gasteiger partial charge in [0, 0.05) is 37.6 Å². The summed E-state index contributed by atoms with van der Waals surface area (Å²) in [6.45, 7) is 3.50. The van der Waals surface area contributed by atoms with E-state index >= 15 is 0 Å². The SMILES string of the molecule is CCn1c(SCC(=O)N2CCc3ccccc32)nnc1-c1cn(C)nc1-c1ccccc1. The number of rotatable bonds is 6. The van der Waals surface area contributed by atoms with Crippen LogP contribution >= 0.6 is 11.8 Å². The number of thioether (sulfide) groups is 1. The van der Waals surface area contributed by atoms with Crippen molar-refractivity contribution in [2.75, 3.05) is 17.2 Å². The van der Waals surface area contributed by atoms with E-state index in [1.54, 1.807) is 4.68 Å². The second-order valence-electron chi connectivity index (χ2n) is 7.69. The lowest BCUT2D eigenvalue weighted by molar-refractivity contribution is -0.116. The summed E-state index contributed by atoms with van der Waals surface area (Å²) in [5.41, 5.74) is 5.09. The molecule has 32 heavy (non-hydrogen) atoms. The van der Waals surface area contributed by atoms with Gasteiger partial charge in [-0.25, -0.2) is 0 Å². The molecule has 5 rings (SSSR count). The lowest BCUT2D eigenvalue weighted by atomic mass is 10.1. The maximum absolute atomic E-state index is 12.9. The number of amides is 1. The van der Waals surface area contributed by atoms with Crippen LogP contribution in [0.3, 0.4) is 0 Å².